The second-order valence-corrected chi connectivity index (χ2v) is 11.2. The summed E-state index contributed by atoms with van der Waals surface area (Å²) in [5.74, 6) is -0.0480. The van der Waals surface area contributed by atoms with Crippen LogP contribution in [0.3, 0.4) is 0 Å². The van der Waals surface area contributed by atoms with Crippen LogP contribution in [-0.4, -0.2) is 62.7 Å². The highest BCUT2D eigenvalue weighted by atomic mass is 35.5. The number of nitrogens with one attached hydrogen (secondary N) is 1. The van der Waals surface area contributed by atoms with Crippen LogP contribution in [0.5, 0.6) is 0 Å². The van der Waals surface area contributed by atoms with Crippen molar-refractivity contribution in [2.75, 3.05) is 39.3 Å². The number of likely N-dealkylation sites (tertiary alicyclic amines) is 1. The van der Waals surface area contributed by atoms with Crippen LogP contribution in [0.25, 0.3) is 0 Å². The van der Waals surface area contributed by atoms with E-state index in [2.05, 4.69) is 22.3 Å². The topological polar surface area (TPSA) is 69.7 Å². The van der Waals surface area contributed by atoms with Gasteiger partial charge in [0.25, 0.3) is 0 Å². The van der Waals surface area contributed by atoms with Gasteiger partial charge in [-0.15, -0.1) is 0 Å². The van der Waals surface area contributed by atoms with E-state index in [1.54, 1.807) is 28.6 Å². The Bertz CT molecular complexity index is 1030. The highest BCUT2D eigenvalue weighted by Gasteiger charge is 2.26. The molecule has 0 aliphatic carbocycles. The second kappa shape index (κ2) is 11.1. The molecule has 0 spiro atoms. The predicted octanol–water partition coefficient (Wildman–Crippen LogP) is 4.12. The number of carbonyl (C=O) groups excluding carboxylic acids is 1. The van der Waals surface area contributed by atoms with E-state index in [0.29, 0.717) is 30.2 Å². The van der Waals surface area contributed by atoms with Gasteiger partial charge in [0.15, 0.2) is 5.78 Å². The van der Waals surface area contributed by atoms with E-state index in [-0.39, 0.29) is 23.3 Å². The summed E-state index contributed by atoms with van der Waals surface area (Å²) in [7, 11) is -3.48. The first-order valence-corrected chi connectivity index (χ1v) is 13.6. The minimum absolute atomic E-state index is 0.0480. The Balaban J connectivity index is 1.36. The first-order valence-electron chi connectivity index (χ1n) is 11.8. The van der Waals surface area contributed by atoms with Crippen LogP contribution < -0.4 is 5.32 Å². The van der Waals surface area contributed by atoms with E-state index in [1.165, 1.54) is 18.4 Å². The average molecular weight is 490 g/mol. The maximum Gasteiger partial charge on any atom is 0.243 e. The third-order valence-corrected chi connectivity index (χ3v) is 8.75. The number of carbonyl (C=O) groups is 1. The summed E-state index contributed by atoms with van der Waals surface area (Å²) in [5.41, 5.74) is 1.71. The lowest BCUT2D eigenvalue weighted by Crippen LogP contribution is -2.36. The summed E-state index contributed by atoms with van der Waals surface area (Å²) < 4.78 is 27.2. The molecule has 2 fully saturated rings. The fourth-order valence-electron chi connectivity index (χ4n) is 4.69. The fourth-order valence-corrected chi connectivity index (χ4v) is 6.33. The van der Waals surface area contributed by atoms with Crippen LogP contribution in [0.2, 0.25) is 5.02 Å². The predicted molar refractivity (Wildman–Crippen MR) is 131 cm³/mol. The van der Waals surface area contributed by atoms with Gasteiger partial charge in [-0.05, 0) is 68.6 Å². The largest absolute Gasteiger partial charge is 0.308 e. The average Bonchev–Trinajstić information content (AvgIpc) is 3.38. The molecule has 2 aromatic rings. The summed E-state index contributed by atoms with van der Waals surface area (Å²) in [6.07, 6.45) is 5.25. The fraction of sp³-hybridized carbons (Fsp3) is 0.480. The molecule has 4 rings (SSSR count). The van der Waals surface area contributed by atoms with Crippen LogP contribution in [0, 0.1) is 0 Å². The first-order chi connectivity index (χ1) is 15.9. The van der Waals surface area contributed by atoms with Crippen molar-refractivity contribution < 1.29 is 13.2 Å². The van der Waals surface area contributed by atoms with Gasteiger partial charge in [0.2, 0.25) is 10.0 Å². The molecule has 0 bridgehead atoms. The molecule has 2 aromatic carbocycles. The Morgan fingerprint density at radius 3 is 2.12 bits per heavy atom. The Morgan fingerprint density at radius 1 is 0.879 bits per heavy atom. The molecule has 2 aliphatic rings. The van der Waals surface area contributed by atoms with Gasteiger partial charge >= 0.3 is 0 Å². The molecule has 1 unspecified atom stereocenters. The first kappa shape index (κ1) is 24.4. The maximum absolute atomic E-state index is 12.8. The van der Waals surface area contributed by atoms with Crippen LogP contribution >= 0.6 is 11.6 Å². The molecule has 1 N–H and O–H groups in total. The lowest BCUT2D eigenvalue weighted by Gasteiger charge is -2.28. The highest BCUT2D eigenvalue weighted by molar-refractivity contribution is 7.89. The monoisotopic (exact) mass is 489 g/mol. The zero-order chi connectivity index (χ0) is 23.3. The van der Waals surface area contributed by atoms with Crippen molar-refractivity contribution in [1.82, 2.24) is 14.5 Å². The Morgan fingerprint density at radius 2 is 1.48 bits per heavy atom. The summed E-state index contributed by atoms with van der Waals surface area (Å²) in [6, 6.07) is 14.5. The van der Waals surface area contributed by atoms with Crippen LogP contribution in [0.15, 0.2) is 53.4 Å². The van der Waals surface area contributed by atoms with Crippen LogP contribution in [-0.2, 0) is 10.0 Å². The molecule has 2 heterocycles. The maximum atomic E-state index is 12.8. The number of benzene rings is 2. The number of Topliss-reactive ketones (excluding diaryl/α,β-unsaturated/α-hetero) is 1. The summed E-state index contributed by atoms with van der Waals surface area (Å²) in [6.45, 7) is 4.11. The molecule has 33 heavy (non-hydrogen) atoms. The zero-order valence-electron chi connectivity index (χ0n) is 18.9. The van der Waals surface area contributed by atoms with Crippen molar-refractivity contribution in [3.63, 3.8) is 0 Å². The molecule has 6 nitrogen and oxygen atoms in total. The van der Waals surface area contributed by atoms with Gasteiger partial charge in [-0.3, -0.25) is 9.69 Å². The van der Waals surface area contributed by atoms with Crippen molar-refractivity contribution in [2.24, 2.45) is 0 Å². The van der Waals surface area contributed by atoms with E-state index in [1.807, 2.05) is 12.1 Å². The van der Waals surface area contributed by atoms with Crippen molar-refractivity contribution in [3.8, 4) is 0 Å². The number of hydrogen-bond donors (Lipinski definition) is 1. The summed E-state index contributed by atoms with van der Waals surface area (Å²) >= 11 is 6.06. The van der Waals surface area contributed by atoms with Crippen molar-refractivity contribution >= 4 is 27.4 Å². The second-order valence-electron chi connectivity index (χ2n) is 8.85. The zero-order valence-corrected chi connectivity index (χ0v) is 20.5. The lowest BCUT2D eigenvalue weighted by molar-refractivity contribution is 0.0987. The summed E-state index contributed by atoms with van der Waals surface area (Å²) in [4.78, 5) is 15.4. The van der Waals surface area contributed by atoms with E-state index in [9.17, 15) is 13.2 Å². The quantitative estimate of drug-likeness (QED) is 0.536. The van der Waals surface area contributed by atoms with Crippen molar-refractivity contribution in [2.45, 2.75) is 43.0 Å². The summed E-state index contributed by atoms with van der Waals surface area (Å²) in [5, 5.41) is 4.04. The number of nitrogens with zero attached hydrogens (tertiary/aromatic N) is 2. The van der Waals surface area contributed by atoms with Crippen LogP contribution in [0.4, 0.5) is 0 Å². The van der Waals surface area contributed by atoms with Crippen molar-refractivity contribution in [1.29, 1.82) is 0 Å². The number of sulfonamides is 1. The van der Waals surface area contributed by atoms with Gasteiger partial charge in [0.05, 0.1) is 11.4 Å². The minimum atomic E-state index is -3.48. The highest BCUT2D eigenvalue weighted by Crippen LogP contribution is 2.26. The molecule has 8 heteroatoms. The smallest absolute Gasteiger partial charge is 0.243 e. The molecule has 178 valence electrons. The van der Waals surface area contributed by atoms with Gasteiger partial charge in [-0.2, -0.15) is 4.31 Å². The van der Waals surface area contributed by atoms with Gasteiger partial charge < -0.3 is 5.32 Å². The molecule has 2 saturated heterocycles. The Hall–Kier alpha value is -1.77. The van der Waals surface area contributed by atoms with E-state index in [4.69, 9.17) is 11.6 Å². The lowest BCUT2D eigenvalue weighted by atomic mass is 10.1. The minimum Gasteiger partial charge on any atom is -0.308 e. The SMILES string of the molecule is O=C(CNCC(c1ccc(Cl)cc1)N1CCCC1)c1ccc(S(=O)(=O)N2CCCCC2)cc1. The third kappa shape index (κ3) is 6.03. The standard InChI is InChI=1S/C25H32ClN3O3S/c26-22-10-6-20(7-11-22)24(28-14-4-5-15-28)18-27-19-25(30)21-8-12-23(13-9-21)33(31,32)29-16-2-1-3-17-29/h6-13,24,27H,1-5,14-19H2. The van der Waals surface area contributed by atoms with E-state index in [0.717, 1.165) is 32.4 Å². The molecular weight excluding hydrogens is 458 g/mol. The van der Waals surface area contributed by atoms with Crippen LogP contribution in [0.1, 0.15) is 54.1 Å². The van der Waals surface area contributed by atoms with E-state index >= 15 is 0 Å². The third-order valence-electron chi connectivity index (χ3n) is 6.59. The number of ketones is 1. The molecule has 0 radical (unpaired) electrons. The van der Waals surface area contributed by atoms with Gasteiger partial charge in [0.1, 0.15) is 0 Å². The van der Waals surface area contributed by atoms with Crippen molar-refractivity contribution in [3.05, 3.63) is 64.7 Å². The van der Waals surface area contributed by atoms with Gasteiger partial charge in [-0.1, -0.05) is 42.3 Å². The number of halogens is 1. The molecule has 0 amide bonds. The molecule has 1 atom stereocenters. The molecule has 0 saturated carbocycles. The van der Waals surface area contributed by atoms with E-state index < -0.39 is 10.0 Å². The van der Waals surface area contributed by atoms with Gasteiger partial charge in [0, 0.05) is 36.3 Å². The molecular formula is C25H32ClN3O3S. The molecule has 0 aromatic heterocycles. The number of rotatable bonds is 9. The normalized spacial score (nSPS) is 18.9. The number of piperidine rings is 1. The molecule has 2 aliphatic heterocycles. The Kier molecular flexibility index (Phi) is 8.20. The van der Waals surface area contributed by atoms with Gasteiger partial charge in [-0.25, -0.2) is 8.42 Å². The Labute approximate surface area is 202 Å². The number of hydrogen-bond acceptors (Lipinski definition) is 5.